The number of nitrogens with two attached hydrogens (primary N) is 1. The Hall–Kier alpha value is -0.120. The molecule has 3 heteroatoms. The van der Waals surface area contributed by atoms with Gasteiger partial charge in [-0.25, -0.2) is 0 Å². The van der Waals surface area contributed by atoms with Crippen molar-refractivity contribution in [2.45, 2.75) is 103 Å². The SMILES string of the molecule is CCCCCCCCCCCCCCCC1N(C)CCN1CCN. The number of likely N-dealkylation sites (N-methyl/N-ethyl adjacent to an activating group) is 1. The number of hydrogen-bond donors (Lipinski definition) is 1. The Balaban J connectivity index is 1.85. The van der Waals surface area contributed by atoms with Crippen LogP contribution >= 0.6 is 0 Å². The van der Waals surface area contributed by atoms with Gasteiger partial charge < -0.3 is 5.73 Å². The molecule has 0 spiro atoms. The summed E-state index contributed by atoms with van der Waals surface area (Å²) in [6, 6.07) is 0. The lowest BCUT2D eigenvalue weighted by Gasteiger charge is -2.27. The summed E-state index contributed by atoms with van der Waals surface area (Å²) in [6.07, 6.45) is 20.7. The third kappa shape index (κ3) is 10.0. The number of nitrogens with zero attached hydrogens (tertiary/aromatic N) is 2. The molecule has 24 heavy (non-hydrogen) atoms. The maximum atomic E-state index is 5.73. The molecule has 0 aromatic heterocycles. The van der Waals surface area contributed by atoms with Crippen molar-refractivity contribution < 1.29 is 0 Å². The summed E-state index contributed by atoms with van der Waals surface area (Å²) in [7, 11) is 2.27. The van der Waals surface area contributed by atoms with Gasteiger partial charge in [0.05, 0.1) is 6.17 Å². The molecule has 0 aromatic carbocycles. The van der Waals surface area contributed by atoms with Crippen molar-refractivity contribution >= 4 is 0 Å². The van der Waals surface area contributed by atoms with Crippen LogP contribution in [0, 0.1) is 0 Å². The van der Waals surface area contributed by atoms with Crippen LogP contribution in [0.3, 0.4) is 0 Å². The molecule has 1 saturated heterocycles. The van der Waals surface area contributed by atoms with Crippen molar-refractivity contribution in [2.24, 2.45) is 5.73 Å². The highest BCUT2D eigenvalue weighted by molar-refractivity contribution is 4.79. The highest BCUT2D eigenvalue weighted by Crippen LogP contribution is 2.19. The Kier molecular flexibility index (Phi) is 13.8. The van der Waals surface area contributed by atoms with E-state index < -0.39 is 0 Å². The van der Waals surface area contributed by atoms with Gasteiger partial charge in [-0.1, -0.05) is 90.4 Å². The standard InChI is InChI=1S/C21H45N3/c1-3-4-5-6-7-8-9-10-11-12-13-14-15-16-21-23(2)19-20-24(21)18-17-22/h21H,3-20,22H2,1-2H3. The van der Waals surface area contributed by atoms with E-state index in [0.29, 0.717) is 6.17 Å². The van der Waals surface area contributed by atoms with E-state index in [4.69, 9.17) is 5.73 Å². The normalized spacial score (nSPS) is 19.4. The van der Waals surface area contributed by atoms with Crippen molar-refractivity contribution in [3.63, 3.8) is 0 Å². The van der Waals surface area contributed by atoms with Crippen molar-refractivity contribution in [3.05, 3.63) is 0 Å². The molecule has 1 aliphatic rings. The molecule has 0 saturated carbocycles. The van der Waals surface area contributed by atoms with E-state index in [1.165, 1.54) is 103 Å². The van der Waals surface area contributed by atoms with E-state index >= 15 is 0 Å². The summed E-state index contributed by atoms with van der Waals surface area (Å²) >= 11 is 0. The number of unbranched alkanes of at least 4 members (excludes halogenated alkanes) is 12. The Morgan fingerprint density at radius 1 is 0.750 bits per heavy atom. The molecular weight excluding hydrogens is 294 g/mol. The van der Waals surface area contributed by atoms with E-state index in [1.54, 1.807) is 0 Å². The minimum Gasteiger partial charge on any atom is -0.329 e. The molecule has 0 aliphatic carbocycles. The molecule has 0 aromatic rings. The minimum atomic E-state index is 0.654. The molecule has 1 fully saturated rings. The monoisotopic (exact) mass is 339 g/mol. The Morgan fingerprint density at radius 2 is 1.25 bits per heavy atom. The molecule has 3 nitrogen and oxygen atoms in total. The lowest BCUT2D eigenvalue weighted by atomic mass is 10.0. The van der Waals surface area contributed by atoms with Crippen LogP contribution < -0.4 is 5.73 Å². The van der Waals surface area contributed by atoms with E-state index in [-0.39, 0.29) is 0 Å². The van der Waals surface area contributed by atoms with E-state index in [0.717, 1.165) is 13.1 Å². The topological polar surface area (TPSA) is 32.5 Å². The second kappa shape index (κ2) is 15.2. The maximum Gasteiger partial charge on any atom is 0.0621 e. The first kappa shape index (κ1) is 21.9. The zero-order chi connectivity index (χ0) is 17.5. The molecule has 0 amide bonds. The molecule has 1 heterocycles. The molecule has 1 atom stereocenters. The minimum absolute atomic E-state index is 0.654. The van der Waals surface area contributed by atoms with Crippen molar-refractivity contribution in [1.29, 1.82) is 0 Å². The molecule has 0 radical (unpaired) electrons. The Morgan fingerprint density at radius 3 is 1.75 bits per heavy atom. The highest BCUT2D eigenvalue weighted by atomic mass is 15.4. The van der Waals surface area contributed by atoms with Crippen LogP contribution in [0.15, 0.2) is 0 Å². The average Bonchev–Trinajstić information content (AvgIpc) is 2.92. The predicted octanol–water partition coefficient (Wildman–Crippen LogP) is 5.00. The Labute approximate surface area is 152 Å². The summed E-state index contributed by atoms with van der Waals surface area (Å²) in [4.78, 5) is 5.08. The summed E-state index contributed by atoms with van der Waals surface area (Å²) in [5, 5.41) is 0. The van der Waals surface area contributed by atoms with Gasteiger partial charge in [0.15, 0.2) is 0 Å². The fraction of sp³-hybridized carbons (Fsp3) is 1.00. The highest BCUT2D eigenvalue weighted by Gasteiger charge is 2.27. The summed E-state index contributed by atoms with van der Waals surface area (Å²) in [5.41, 5.74) is 5.73. The van der Waals surface area contributed by atoms with Crippen LogP contribution in [-0.2, 0) is 0 Å². The van der Waals surface area contributed by atoms with E-state index in [2.05, 4.69) is 23.8 Å². The van der Waals surface area contributed by atoms with Gasteiger partial charge in [0, 0.05) is 26.2 Å². The van der Waals surface area contributed by atoms with Gasteiger partial charge in [0.1, 0.15) is 0 Å². The summed E-state index contributed by atoms with van der Waals surface area (Å²) in [6.45, 7) is 6.57. The lowest BCUT2D eigenvalue weighted by Crippen LogP contribution is -2.39. The first-order chi connectivity index (χ1) is 11.8. The maximum absolute atomic E-state index is 5.73. The second-order valence-electron chi connectivity index (χ2n) is 7.82. The lowest BCUT2D eigenvalue weighted by molar-refractivity contribution is 0.148. The van der Waals surface area contributed by atoms with Gasteiger partial charge in [0.25, 0.3) is 0 Å². The zero-order valence-electron chi connectivity index (χ0n) is 16.8. The second-order valence-corrected chi connectivity index (χ2v) is 7.82. The largest absolute Gasteiger partial charge is 0.329 e. The molecule has 0 bridgehead atoms. The van der Waals surface area contributed by atoms with Crippen LogP contribution in [-0.4, -0.2) is 49.2 Å². The van der Waals surface area contributed by atoms with Crippen LogP contribution in [0.5, 0.6) is 0 Å². The first-order valence-corrected chi connectivity index (χ1v) is 10.9. The third-order valence-electron chi connectivity index (χ3n) is 5.65. The number of hydrogen-bond acceptors (Lipinski definition) is 3. The van der Waals surface area contributed by atoms with Crippen molar-refractivity contribution in [3.8, 4) is 0 Å². The third-order valence-corrected chi connectivity index (χ3v) is 5.65. The van der Waals surface area contributed by atoms with E-state index in [1.807, 2.05) is 0 Å². The fourth-order valence-electron chi connectivity index (χ4n) is 4.04. The average molecular weight is 340 g/mol. The smallest absolute Gasteiger partial charge is 0.0621 e. The van der Waals surface area contributed by atoms with Crippen LogP contribution in [0.1, 0.15) is 96.8 Å². The quantitative estimate of drug-likeness (QED) is 0.402. The van der Waals surface area contributed by atoms with Gasteiger partial charge in [-0.15, -0.1) is 0 Å². The molecule has 144 valence electrons. The first-order valence-electron chi connectivity index (χ1n) is 10.9. The van der Waals surface area contributed by atoms with Gasteiger partial charge in [-0.05, 0) is 13.5 Å². The van der Waals surface area contributed by atoms with Gasteiger partial charge >= 0.3 is 0 Å². The molecule has 1 rings (SSSR count). The molecular formula is C21H45N3. The summed E-state index contributed by atoms with van der Waals surface area (Å²) in [5.74, 6) is 0. The summed E-state index contributed by atoms with van der Waals surface area (Å²) < 4.78 is 0. The Bertz CT molecular complexity index is 268. The van der Waals surface area contributed by atoms with Crippen molar-refractivity contribution in [1.82, 2.24) is 9.80 Å². The van der Waals surface area contributed by atoms with Gasteiger partial charge in [0.2, 0.25) is 0 Å². The molecule has 2 N–H and O–H groups in total. The van der Waals surface area contributed by atoms with Gasteiger partial charge in [-0.2, -0.15) is 0 Å². The van der Waals surface area contributed by atoms with Crippen LogP contribution in [0.25, 0.3) is 0 Å². The zero-order valence-corrected chi connectivity index (χ0v) is 16.8. The van der Waals surface area contributed by atoms with Crippen molar-refractivity contribution in [2.75, 3.05) is 33.2 Å². The molecule has 1 aliphatic heterocycles. The van der Waals surface area contributed by atoms with E-state index in [9.17, 15) is 0 Å². The molecule has 1 unspecified atom stereocenters. The predicted molar refractivity (Wildman–Crippen MR) is 107 cm³/mol. The van der Waals surface area contributed by atoms with Crippen LogP contribution in [0.2, 0.25) is 0 Å². The number of rotatable bonds is 16. The van der Waals surface area contributed by atoms with Gasteiger partial charge in [-0.3, -0.25) is 9.80 Å². The van der Waals surface area contributed by atoms with Crippen LogP contribution in [0.4, 0.5) is 0 Å². The fourth-order valence-corrected chi connectivity index (χ4v) is 4.04.